The summed E-state index contributed by atoms with van der Waals surface area (Å²) in [6.07, 6.45) is 2.29. The summed E-state index contributed by atoms with van der Waals surface area (Å²) in [4.78, 5) is 16.6. The first-order valence-corrected chi connectivity index (χ1v) is 11.6. The number of amides is 1. The van der Waals surface area contributed by atoms with Crippen molar-refractivity contribution in [2.24, 2.45) is 0 Å². The molecule has 0 saturated heterocycles. The number of carbonyl (C=O) groups is 1. The minimum atomic E-state index is -0.189. The van der Waals surface area contributed by atoms with E-state index in [4.69, 9.17) is 16.3 Å². The van der Waals surface area contributed by atoms with Crippen molar-refractivity contribution in [2.75, 3.05) is 18.2 Å². The number of para-hydroxylation sites is 1. The molecule has 0 atom stereocenters. The van der Waals surface area contributed by atoms with E-state index in [-0.39, 0.29) is 11.7 Å². The molecule has 0 fully saturated rings. The molecule has 2 aromatic heterocycles. The third-order valence-corrected chi connectivity index (χ3v) is 6.05. The first-order valence-electron chi connectivity index (χ1n) is 10.3. The molecule has 0 aliphatic rings. The highest BCUT2D eigenvalue weighted by Crippen LogP contribution is 2.31. The highest BCUT2D eigenvalue weighted by molar-refractivity contribution is 7.99. The van der Waals surface area contributed by atoms with Gasteiger partial charge in [-0.25, -0.2) is 4.98 Å². The number of halogens is 1. The van der Waals surface area contributed by atoms with Crippen molar-refractivity contribution < 1.29 is 9.53 Å². The smallest absolute Gasteiger partial charge is 0.236 e. The zero-order valence-electron chi connectivity index (χ0n) is 17.9. The van der Waals surface area contributed by atoms with Gasteiger partial charge >= 0.3 is 0 Å². The van der Waals surface area contributed by atoms with Gasteiger partial charge in [-0.05, 0) is 36.2 Å². The Labute approximate surface area is 201 Å². The Kier molecular flexibility index (Phi) is 7.59. The van der Waals surface area contributed by atoms with Crippen molar-refractivity contribution in [3.8, 4) is 17.1 Å². The number of methoxy groups -OCH3 is 1. The Bertz CT molecular complexity index is 1220. The van der Waals surface area contributed by atoms with Crippen LogP contribution in [0, 0.1) is 0 Å². The zero-order valence-corrected chi connectivity index (χ0v) is 19.5. The Morgan fingerprint density at radius 1 is 1.06 bits per heavy atom. The summed E-state index contributed by atoms with van der Waals surface area (Å²) >= 11 is 7.17. The third kappa shape index (κ3) is 5.91. The van der Waals surface area contributed by atoms with E-state index in [1.54, 1.807) is 19.2 Å². The molecule has 0 aliphatic carbocycles. The number of rotatable bonds is 9. The van der Waals surface area contributed by atoms with Crippen LogP contribution < -0.4 is 10.1 Å². The number of carbonyl (C=O) groups excluding carboxylic acids is 1. The monoisotopic (exact) mass is 479 g/mol. The standard InChI is InChI=1S/C24H22ClN5O2S/c1-32-20-10-6-5-9-19(20)23-28-29-24(30(23)14-13-17-7-3-2-4-8-17)33-16-22(31)27-21-12-11-18(25)15-26-21/h2-12,15H,13-14,16H2,1H3,(H,26,27,31). The Hall–Kier alpha value is -3.36. The molecule has 0 spiro atoms. The number of nitrogens with zero attached hydrogens (tertiary/aromatic N) is 4. The fourth-order valence-electron chi connectivity index (χ4n) is 3.27. The molecular formula is C24H22ClN5O2S. The molecule has 0 bridgehead atoms. The molecule has 4 rings (SSSR count). The van der Waals surface area contributed by atoms with Crippen LogP contribution >= 0.6 is 23.4 Å². The average Bonchev–Trinajstić information content (AvgIpc) is 3.26. The Balaban J connectivity index is 1.54. The second-order valence-electron chi connectivity index (χ2n) is 7.09. The molecule has 4 aromatic rings. The van der Waals surface area contributed by atoms with E-state index < -0.39 is 0 Å². The van der Waals surface area contributed by atoms with E-state index in [1.807, 2.05) is 47.0 Å². The maximum atomic E-state index is 12.5. The number of nitrogens with one attached hydrogen (secondary N) is 1. The van der Waals surface area contributed by atoms with E-state index in [0.29, 0.717) is 34.1 Å². The second-order valence-corrected chi connectivity index (χ2v) is 8.47. The van der Waals surface area contributed by atoms with Gasteiger partial charge in [-0.1, -0.05) is 65.8 Å². The van der Waals surface area contributed by atoms with Gasteiger partial charge < -0.3 is 14.6 Å². The molecule has 1 amide bonds. The fraction of sp³-hybridized carbons (Fsp3) is 0.167. The number of aromatic nitrogens is 4. The molecule has 168 valence electrons. The maximum absolute atomic E-state index is 12.5. The lowest BCUT2D eigenvalue weighted by atomic mass is 10.1. The molecule has 9 heteroatoms. The highest BCUT2D eigenvalue weighted by Gasteiger charge is 2.18. The van der Waals surface area contributed by atoms with Crippen molar-refractivity contribution in [2.45, 2.75) is 18.1 Å². The van der Waals surface area contributed by atoms with Gasteiger partial charge in [0.2, 0.25) is 5.91 Å². The number of ether oxygens (including phenoxy) is 1. The van der Waals surface area contributed by atoms with E-state index in [9.17, 15) is 4.79 Å². The first-order chi connectivity index (χ1) is 16.1. The predicted octanol–water partition coefficient (Wildman–Crippen LogP) is 4.98. The van der Waals surface area contributed by atoms with Gasteiger partial charge in [0.15, 0.2) is 11.0 Å². The van der Waals surface area contributed by atoms with Crippen molar-refractivity contribution in [3.05, 3.63) is 83.5 Å². The number of hydrogen-bond donors (Lipinski definition) is 1. The van der Waals surface area contributed by atoms with Crippen LogP contribution in [0.4, 0.5) is 5.82 Å². The third-order valence-electron chi connectivity index (χ3n) is 4.86. The number of benzene rings is 2. The number of hydrogen-bond acceptors (Lipinski definition) is 6. The number of aryl methyl sites for hydroxylation is 1. The number of anilines is 1. The number of thioether (sulfide) groups is 1. The van der Waals surface area contributed by atoms with Crippen molar-refractivity contribution in [3.63, 3.8) is 0 Å². The quantitative estimate of drug-likeness (QED) is 0.341. The summed E-state index contributed by atoms with van der Waals surface area (Å²) in [5.41, 5.74) is 2.06. The van der Waals surface area contributed by atoms with E-state index in [1.165, 1.54) is 23.5 Å². The Morgan fingerprint density at radius 2 is 1.85 bits per heavy atom. The average molecular weight is 480 g/mol. The van der Waals surface area contributed by atoms with Crippen LogP contribution in [0.5, 0.6) is 5.75 Å². The maximum Gasteiger partial charge on any atom is 0.236 e. The van der Waals surface area contributed by atoms with E-state index >= 15 is 0 Å². The molecule has 2 aromatic carbocycles. The van der Waals surface area contributed by atoms with Crippen molar-refractivity contribution >= 4 is 35.1 Å². The van der Waals surface area contributed by atoms with Crippen molar-refractivity contribution in [1.29, 1.82) is 0 Å². The highest BCUT2D eigenvalue weighted by atomic mass is 35.5. The predicted molar refractivity (Wildman–Crippen MR) is 131 cm³/mol. The molecule has 2 heterocycles. The summed E-state index contributed by atoms with van der Waals surface area (Å²) in [7, 11) is 1.63. The van der Waals surface area contributed by atoms with Gasteiger partial charge in [-0.2, -0.15) is 0 Å². The lowest BCUT2D eigenvalue weighted by Gasteiger charge is -2.12. The molecule has 0 radical (unpaired) electrons. The molecule has 0 unspecified atom stereocenters. The van der Waals surface area contributed by atoms with Gasteiger partial charge in [-0.3, -0.25) is 4.79 Å². The molecule has 1 N–H and O–H groups in total. The molecular weight excluding hydrogens is 458 g/mol. The van der Waals surface area contributed by atoms with Gasteiger partial charge in [0, 0.05) is 12.7 Å². The van der Waals surface area contributed by atoms with Crippen LogP contribution in [0.3, 0.4) is 0 Å². The lowest BCUT2D eigenvalue weighted by molar-refractivity contribution is -0.113. The van der Waals surface area contributed by atoms with E-state index in [0.717, 1.165) is 12.0 Å². The van der Waals surface area contributed by atoms with Crippen LogP contribution in [-0.4, -0.2) is 38.5 Å². The summed E-state index contributed by atoms with van der Waals surface area (Å²) in [6, 6.07) is 21.3. The topological polar surface area (TPSA) is 81.9 Å². The van der Waals surface area contributed by atoms with Crippen LogP contribution in [0.15, 0.2) is 78.1 Å². The largest absolute Gasteiger partial charge is 0.496 e. The summed E-state index contributed by atoms with van der Waals surface area (Å²) < 4.78 is 7.56. The normalized spacial score (nSPS) is 10.7. The Morgan fingerprint density at radius 3 is 2.61 bits per heavy atom. The van der Waals surface area contributed by atoms with Crippen molar-refractivity contribution in [1.82, 2.24) is 19.7 Å². The SMILES string of the molecule is COc1ccccc1-c1nnc(SCC(=O)Nc2ccc(Cl)cn2)n1CCc1ccccc1. The van der Waals surface area contributed by atoms with Crippen LogP contribution in [0.25, 0.3) is 11.4 Å². The summed E-state index contributed by atoms with van der Waals surface area (Å²) in [6.45, 7) is 0.660. The summed E-state index contributed by atoms with van der Waals surface area (Å²) in [5, 5.41) is 12.7. The van der Waals surface area contributed by atoms with Crippen LogP contribution in [0.1, 0.15) is 5.56 Å². The molecule has 0 saturated carbocycles. The minimum Gasteiger partial charge on any atom is -0.496 e. The second kappa shape index (κ2) is 11.0. The zero-order chi connectivity index (χ0) is 23.0. The van der Waals surface area contributed by atoms with Crippen LogP contribution in [-0.2, 0) is 17.8 Å². The van der Waals surface area contributed by atoms with Gasteiger partial charge in [0.05, 0.1) is 23.4 Å². The lowest BCUT2D eigenvalue weighted by Crippen LogP contribution is -2.15. The number of pyridine rings is 1. The fourth-order valence-corrected chi connectivity index (χ4v) is 4.15. The first kappa shape index (κ1) is 22.8. The van der Waals surface area contributed by atoms with Crippen LogP contribution in [0.2, 0.25) is 5.02 Å². The van der Waals surface area contributed by atoms with Gasteiger partial charge in [-0.15, -0.1) is 10.2 Å². The summed E-state index contributed by atoms with van der Waals surface area (Å²) in [5.74, 6) is 1.84. The van der Waals surface area contributed by atoms with Gasteiger partial charge in [0.1, 0.15) is 11.6 Å². The van der Waals surface area contributed by atoms with Gasteiger partial charge in [0.25, 0.3) is 0 Å². The minimum absolute atomic E-state index is 0.166. The van der Waals surface area contributed by atoms with E-state index in [2.05, 4.69) is 32.6 Å². The molecule has 0 aliphatic heterocycles. The molecule has 7 nitrogen and oxygen atoms in total. The molecule has 33 heavy (non-hydrogen) atoms.